The number of piperidine rings is 1. The first-order chi connectivity index (χ1) is 9.78. The average molecular weight is 293 g/mol. The summed E-state index contributed by atoms with van der Waals surface area (Å²) in [6.07, 6.45) is 7.18. The van der Waals surface area contributed by atoms with Gasteiger partial charge in [-0.1, -0.05) is 6.42 Å². The van der Waals surface area contributed by atoms with Crippen LogP contribution >= 0.6 is 11.3 Å². The topological polar surface area (TPSA) is 46.8 Å². The molecule has 0 aliphatic carbocycles. The molecule has 2 aromatic rings. The monoisotopic (exact) mass is 293 g/mol. The number of nitrogens with zero attached hydrogens (tertiary/aromatic N) is 3. The van der Waals surface area contributed by atoms with Gasteiger partial charge in [0, 0.05) is 24.3 Å². The van der Waals surface area contributed by atoms with E-state index in [1.54, 1.807) is 11.3 Å². The second-order valence-corrected chi connectivity index (χ2v) is 5.93. The van der Waals surface area contributed by atoms with E-state index in [-0.39, 0.29) is 12.0 Å². The molecule has 0 saturated carbocycles. The lowest BCUT2D eigenvalue weighted by atomic mass is 10.0. The van der Waals surface area contributed by atoms with Crippen molar-refractivity contribution in [1.29, 1.82) is 0 Å². The van der Waals surface area contributed by atoms with E-state index in [0.29, 0.717) is 6.61 Å². The summed E-state index contributed by atoms with van der Waals surface area (Å²) >= 11 is 1.63. The predicted octanol–water partition coefficient (Wildman–Crippen LogP) is 2.31. The highest BCUT2D eigenvalue weighted by Crippen LogP contribution is 2.21. The van der Waals surface area contributed by atoms with Crippen LogP contribution in [0.3, 0.4) is 0 Å². The third-order valence-electron chi connectivity index (χ3n) is 3.68. The van der Waals surface area contributed by atoms with Crippen LogP contribution in [0, 0.1) is 0 Å². The number of esters is 1. The number of aromatic nitrogens is 2. The van der Waals surface area contributed by atoms with Crippen LogP contribution in [0.25, 0.3) is 4.96 Å². The molecule has 1 unspecified atom stereocenters. The van der Waals surface area contributed by atoms with Crippen molar-refractivity contribution in [2.45, 2.75) is 38.8 Å². The molecule has 6 heteroatoms. The largest absolute Gasteiger partial charge is 0.465 e. The number of imidazole rings is 1. The lowest BCUT2D eigenvalue weighted by Gasteiger charge is -2.33. The average Bonchev–Trinajstić information content (AvgIpc) is 3.00. The molecule has 1 saturated heterocycles. The minimum Gasteiger partial charge on any atom is -0.465 e. The second kappa shape index (κ2) is 5.93. The van der Waals surface area contributed by atoms with E-state index in [4.69, 9.17) is 4.74 Å². The number of hydrogen-bond acceptors (Lipinski definition) is 5. The summed E-state index contributed by atoms with van der Waals surface area (Å²) in [5, 5.41) is 2.02. The fourth-order valence-corrected chi connectivity index (χ4v) is 3.46. The van der Waals surface area contributed by atoms with E-state index >= 15 is 0 Å². The Morgan fingerprint density at radius 3 is 3.25 bits per heavy atom. The molecule has 0 spiro atoms. The van der Waals surface area contributed by atoms with Crippen LogP contribution in [-0.2, 0) is 16.1 Å². The summed E-state index contributed by atoms with van der Waals surface area (Å²) in [4.78, 5) is 19.8. The van der Waals surface area contributed by atoms with E-state index < -0.39 is 0 Å². The first-order valence-electron chi connectivity index (χ1n) is 7.09. The molecule has 108 valence electrons. The number of rotatable bonds is 4. The highest BCUT2D eigenvalue weighted by Gasteiger charge is 2.30. The Bertz CT molecular complexity index is 564. The number of carbonyl (C=O) groups excluding carboxylic acids is 1. The van der Waals surface area contributed by atoms with Crippen molar-refractivity contribution in [3.8, 4) is 0 Å². The molecule has 5 nitrogen and oxygen atoms in total. The smallest absolute Gasteiger partial charge is 0.323 e. The summed E-state index contributed by atoms with van der Waals surface area (Å²) in [5.41, 5.74) is 1.02. The molecule has 2 aromatic heterocycles. The van der Waals surface area contributed by atoms with Gasteiger partial charge in [0.2, 0.25) is 0 Å². The molecular weight excluding hydrogens is 274 g/mol. The molecule has 3 rings (SSSR count). The minimum atomic E-state index is -0.108. The van der Waals surface area contributed by atoms with Crippen LogP contribution in [-0.4, -0.2) is 39.4 Å². The first kappa shape index (κ1) is 13.6. The highest BCUT2D eigenvalue weighted by atomic mass is 32.1. The van der Waals surface area contributed by atoms with Gasteiger partial charge in [-0.15, -0.1) is 11.3 Å². The quantitative estimate of drug-likeness (QED) is 0.812. The van der Waals surface area contributed by atoms with Crippen molar-refractivity contribution < 1.29 is 9.53 Å². The molecule has 1 aliphatic heterocycles. The summed E-state index contributed by atoms with van der Waals surface area (Å²) in [6.45, 7) is 3.96. The molecule has 1 aliphatic rings. The van der Waals surface area contributed by atoms with Gasteiger partial charge in [-0.3, -0.25) is 14.1 Å². The van der Waals surface area contributed by atoms with Crippen LogP contribution < -0.4 is 0 Å². The Balaban J connectivity index is 1.72. The van der Waals surface area contributed by atoms with Gasteiger partial charge < -0.3 is 4.74 Å². The first-order valence-corrected chi connectivity index (χ1v) is 7.97. The van der Waals surface area contributed by atoms with Crippen molar-refractivity contribution in [2.75, 3.05) is 13.2 Å². The van der Waals surface area contributed by atoms with Crippen molar-refractivity contribution >= 4 is 22.3 Å². The van der Waals surface area contributed by atoms with Crippen LogP contribution in [0.15, 0.2) is 17.8 Å². The van der Waals surface area contributed by atoms with Gasteiger partial charge in [0.25, 0.3) is 0 Å². The number of ether oxygens (including phenoxy) is 1. The molecule has 0 bridgehead atoms. The number of fused-ring (bicyclic) bond motifs is 1. The van der Waals surface area contributed by atoms with Gasteiger partial charge in [0.15, 0.2) is 4.96 Å². The summed E-state index contributed by atoms with van der Waals surface area (Å²) in [6, 6.07) is -0.108. The van der Waals surface area contributed by atoms with Gasteiger partial charge >= 0.3 is 5.97 Å². The fourth-order valence-electron chi connectivity index (χ4n) is 2.75. The highest BCUT2D eigenvalue weighted by molar-refractivity contribution is 7.15. The SMILES string of the molecule is CCOC(=O)C1CCCCN1Cc1cn2ccsc2n1. The van der Waals surface area contributed by atoms with Crippen LogP contribution in [0.2, 0.25) is 0 Å². The number of thiazole rings is 1. The van der Waals surface area contributed by atoms with Crippen LogP contribution in [0.5, 0.6) is 0 Å². The fraction of sp³-hybridized carbons (Fsp3) is 0.571. The van der Waals surface area contributed by atoms with Crippen molar-refractivity contribution in [1.82, 2.24) is 14.3 Å². The van der Waals surface area contributed by atoms with E-state index in [9.17, 15) is 4.79 Å². The Morgan fingerprint density at radius 1 is 1.55 bits per heavy atom. The second-order valence-electron chi connectivity index (χ2n) is 5.06. The zero-order chi connectivity index (χ0) is 13.9. The van der Waals surface area contributed by atoms with Gasteiger partial charge in [-0.05, 0) is 26.3 Å². The van der Waals surface area contributed by atoms with Gasteiger partial charge in [0.05, 0.1) is 12.3 Å². The van der Waals surface area contributed by atoms with E-state index in [0.717, 1.165) is 43.0 Å². The molecule has 3 heterocycles. The van der Waals surface area contributed by atoms with Crippen molar-refractivity contribution in [2.24, 2.45) is 0 Å². The summed E-state index contributed by atoms with van der Waals surface area (Å²) < 4.78 is 7.22. The maximum atomic E-state index is 12.0. The zero-order valence-electron chi connectivity index (χ0n) is 11.6. The molecule has 1 fully saturated rings. The number of carbonyl (C=O) groups is 1. The lowest BCUT2D eigenvalue weighted by molar-refractivity contribution is -0.151. The lowest BCUT2D eigenvalue weighted by Crippen LogP contribution is -2.45. The standard InChI is InChI=1S/C14H19N3O2S/c1-2-19-13(18)12-5-3-4-6-16(12)9-11-10-17-7-8-20-14(17)15-11/h7-8,10,12H,2-6,9H2,1H3. The normalized spacial score (nSPS) is 20.4. The van der Waals surface area contributed by atoms with E-state index in [2.05, 4.69) is 9.88 Å². The number of hydrogen-bond donors (Lipinski definition) is 0. The molecule has 20 heavy (non-hydrogen) atoms. The molecule has 0 amide bonds. The van der Waals surface area contributed by atoms with Gasteiger partial charge in [-0.2, -0.15) is 0 Å². The van der Waals surface area contributed by atoms with Gasteiger partial charge in [-0.25, -0.2) is 4.98 Å². The van der Waals surface area contributed by atoms with Crippen molar-refractivity contribution in [3.05, 3.63) is 23.5 Å². The third kappa shape index (κ3) is 2.71. The maximum Gasteiger partial charge on any atom is 0.323 e. The Hall–Kier alpha value is -1.40. The summed E-state index contributed by atoms with van der Waals surface area (Å²) in [7, 11) is 0. The van der Waals surface area contributed by atoms with Crippen molar-refractivity contribution in [3.63, 3.8) is 0 Å². The molecule has 1 atom stereocenters. The molecule has 0 radical (unpaired) electrons. The Labute approximate surface area is 122 Å². The van der Waals surface area contributed by atoms with Gasteiger partial charge in [0.1, 0.15) is 6.04 Å². The maximum absolute atomic E-state index is 12.0. The summed E-state index contributed by atoms with van der Waals surface area (Å²) in [5.74, 6) is -0.0896. The molecule has 0 N–H and O–H groups in total. The zero-order valence-corrected chi connectivity index (χ0v) is 12.4. The Kier molecular flexibility index (Phi) is 4.03. The van der Waals surface area contributed by atoms with Crippen LogP contribution in [0.1, 0.15) is 31.9 Å². The van der Waals surface area contributed by atoms with E-state index in [1.807, 2.05) is 29.1 Å². The predicted molar refractivity (Wildman–Crippen MR) is 77.8 cm³/mol. The third-order valence-corrected chi connectivity index (χ3v) is 4.45. The Morgan fingerprint density at radius 2 is 2.45 bits per heavy atom. The van der Waals surface area contributed by atoms with Crippen LogP contribution in [0.4, 0.5) is 0 Å². The van der Waals surface area contributed by atoms with E-state index in [1.165, 1.54) is 0 Å². The molecule has 0 aromatic carbocycles. The molecular formula is C14H19N3O2S. The minimum absolute atomic E-state index is 0.0896. The number of likely N-dealkylation sites (tertiary alicyclic amines) is 1.